The van der Waals surface area contributed by atoms with Crippen LogP contribution in [0.2, 0.25) is 0 Å². The Morgan fingerprint density at radius 1 is 0.870 bits per heavy atom. The van der Waals surface area contributed by atoms with E-state index in [0.29, 0.717) is 0 Å². The number of ether oxygens (including phenoxy) is 1. The summed E-state index contributed by atoms with van der Waals surface area (Å²) in [6.07, 6.45) is -4.87. The molecule has 0 fully saturated rings. The van der Waals surface area contributed by atoms with Crippen molar-refractivity contribution in [1.29, 1.82) is 0 Å². The van der Waals surface area contributed by atoms with E-state index in [4.69, 9.17) is 0 Å². The van der Waals surface area contributed by atoms with Crippen molar-refractivity contribution in [2.75, 3.05) is 0 Å². The average Bonchev–Trinajstić information content (AvgIpc) is 2.54. The maximum atomic E-state index is 13.4. The smallest absolute Gasteiger partial charge is 0.432 e. The summed E-state index contributed by atoms with van der Waals surface area (Å²) in [4.78, 5) is 23.8. The van der Waals surface area contributed by atoms with Gasteiger partial charge in [-0.3, -0.25) is 4.79 Å². The number of ketones is 1. The number of hydrogen-bond acceptors (Lipinski definition) is 3. The highest BCUT2D eigenvalue weighted by Gasteiger charge is 2.56. The van der Waals surface area contributed by atoms with Crippen molar-refractivity contribution in [2.24, 2.45) is 0 Å². The molecule has 2 aromatic carbocycles. The molecule has 0 heterocycles. The minimum Gasteiger partial charge on any atom is -0.439 e. The maximum Gasteiger partial charge on any atom is 0.432 e. The average molecular weight is 322 g/mol. The fourth-order valence-corrected chi connectivity index (χ4v) is 1.98. The van der Waals surface area contributed by atoms with E-state index in [1.54, 1.807) is 6.07 Å². The Hall–Kier alpha value is -2.63. The van der Waals surface area contributed by atoms with Crippen molar-refractivity contribution in [3.05, 3.63) is 71.8 Å². The zero-order chi connectivity index (χ0) is 17.1. The summed E-state index contributed by atoms with van der Waals surface area (Å²) in [5, 5.41) is 0. The van der Waals surface area contributed by atoms with Crippen LogP contribution in [0.25, 0.3) is 0 Å². The number of hydrogen-bond donors (Lipinski definition) is 0. The van der Waals surface area contributed by atoms with Gasteiger partial charge in [0, 0.05) is 11.1 Å². The third-order valence-corrected chi connectivity index (χ3v) is 3.38. The van der Waals surface area contributed by atoms with Crippen LogP contribution in [0.5, 0.6) is 0 Å². The van der Waals surface area contributed by atoms with Crippen molar-refractivity contribution < 1.29 is 27.5 Å². The van der Waals surface area contributed by atoms with Crippen LogP contribution in [0.1, 0.15) is 22.8 Å². The van der Waals surface area contributed by atoms with Gasteiger partial charge in [0.25, 0.3) is 5.78 Å². The van der Waals surface area contributed by atoms with E-state index in [0.717, 1.165) is 6.92 Å². The molecule has 3 nitrogen and oxygen atoms in total. The SMILES string of the molecule is CC(OC(=O)C(=O)c1ccccc1)(c1ccccc1)C(F)(F)F. The van der Waals surface area contributed by atoms with Crippen molar-refractivity contribution in [1.82, 2.24) is 0 Å². The summed E-state index contributed by atoms with van der Waals surface area (Å²) in [6.45, 7) is 0.721. The minimum atomic E-state index is -4.87. The first kappa shape index (κ1) is 16.7. The number of carbonyl (C=O) groups excluding carboxylic acids is 2. The number of Topliss-reactive ketones (excluding diaryl/α,β-unsaturated/α-hetero) is 1. The van der Waals surface area contributed by atoms with Crippen LogP contribution in [-0.4, -0.2) is 17.9 Å². The van der Waals surface area contributed by atoms with Gasteiger partial charge in [-0.25, -0.2) is 4.79 Å². The van der Waals surface area contributed by atoms with E-state index >= 15 is 0 Å². The molecule has 6 heteroatoms. The molecule has 2 rings (SSSR count). The maximum absolute atomic E-state index is 13.4. The molecule has 0 bridgehead atoms. The summed E-state index contributed by atoms with van der Waals surface area (Å²) < 4.78 is 44.9. The van der Waals surface area contributed by atoms with E-state index in [-0.39, 0.29) is 11.1 Å². The predicted molar refractivity (Wildman–Crippen MR) is 76.7 cm³/mol. The molecule has 1 atom stereocenters. The van der Waals surface area contributed by atoms with Crippen LogP contribution < -0.4 is 0 Å². The van der Waals surface area contributed by atoms with Gasteiger partial charge in [0.1, 0.15) is 0 Å². The number of esters is 1. The van der Waals surface area contributed by atoms with Gasteiger partial charge in [-0.2, -0.15) is 13.2 Å². The highest BCUT2D eigenvalue weighted by Crippen LogP contribution is 2.42. The van der Waals surface area contributed by atoms with E-state index in [1.165, 1.54) is 54.6 Å². The third kappa shape index (κ3) is 3.41. The lowest BCUT2D eigenvalue weighted by molar-refractivity contribution is -0.267. The number of halogens is 3. The van der Waals surface area contributed by atoms with Gasteiger partial charge in [-0.05, 0) is 6.92 Å². The van der Waals surface area contributed by atoms with Gasteiger partial charge >= 0.3 is 12.1 Å². The predicted octanol–water partition coefficient (Wildman–Crippen LogP) is 3.89. The summed E-state index contributed by atoms with van der Waals surface area (Å²) in [6, 6.07) is 14.0. The van der Waals surface area contributed by atoms with Gasteiger partial charge in [0.15, 0.2) is 0 Å². The Morgan fingerprint density at radius 3 is 1.83 bits per heavy atom. The standard InChI is InChI=1S/C17H13F3O3/c1-16(17(18,19)20,13-10-6-3-7-11-13)23-15(22)14(21)12-8-4-2-5-9-12/h2-11H,1H3. The zero-order valence-corrected chi connectivity index (χ0v) is 12.1. The minimum absolute atomic E-state index is 0.0323. The fraction of sp³-hybridized carbons (Fsp3) is 0.176. The first-order valence-electron chi connectivity index (χ1n) is 6.70. The normalized spacial score (nSPS) is 13.9. The molecular weight excluding hydrogens is 309 g/mol. The molecule has 0 saturated heterocycles. The second-order valence-electron chi connectivity index (χ2n) is 4.98. The second-order valence-corrected chi connectivity index (χ2v) is 4.98. The highest BCUT2D eigenvalue weighted by molar-refractivity contribution is 6.40. The van der Waals surface area contributed by atoms with Crippen molar-refractivity contribution in [3.8, 4) is 0 Å². The van der Waals surface area contributed by atoms with Crippen LogP contribution in [-0.2, 0) is 15.1 Å². The first-order chi connectivity index (χ1) is 10.8. The molecule has 0 aliphatic rings. The summed E-state index contributed by atoms with van der Waals surface area (Å²) in [5.41, 5.74) is -3.20. The van der Waals surface area contributed by atoms with Crippen LogP contribution in [0, 0.1) is 0 Å². The highest BCUT2D eigenvalue weighted by atomic mass is 19.4. The van der Waals surface area contributed by atoms with Crippen LogP contribution in [0.15, 0.2) is 60.7 Å². The Kier molecular flexibility index (Phi) is 4.54. The molecule has 23 heavy (non-hydrogen) atoms. The van der Waals surface area contributed by atoms with E-state index in [9.17, 15) is 22.8 Å². The summed E-state index contributed by atoms with van der Waals surface area (Å²) in [5.74, 6) is -2.68. The summed E-state index contributed by atoms with van der Waals surface area (Å²) in [7, 11) is 0. The zero-order valence-electron chi connectivity index (χ0n) is 12.1. The number of rotatable bonds is 4. The Labute approximate surface area is 130 Å². The Bertz CT molecular complexity index is 696. The van der Waals surface area contributed by atoms with Gasteiger partial charge in [-0.1, -0.05) is 60.7 Å². The third-order valence-electron chi connectivity index (χ3n) is 3.38. The van der Waals surface area contributed by atoms with Gasteiger partial charge in [-0.15, -0.1) is 0 Å². The molecule has 1 unspecified atom stereocenters. The molecule has 2 aromatic rings. The molecule has 0 N–H and O–H groups in total. The van der Waals surface area contributed by atoms with Crippen molar-refractivity contribution in [3.63, 3.8) is 0 Å². The largest absolute Gasteiger partial charge is 0.439 e. The fourth-order valence-electron chi connectivity index (χ4n) is 1.98. The van der Waals surface area contributed by atoms with Crippen LogP contribution in [0.3, 0.4) is 0 Å². The lowest BCUT2D eigenvalue weighted by atomic mass is 9.95. The molecule has 0 saturated carbocycles. The molecule has 0 aliphatic carbocycles. The molecule has 0 amide bonds. The first-order valence-corrected chi connectivity index (χ1v) is 6.70. The van der Waals surface area contributed by atoms with E-state index in [1.807, 2.05) is 0 Å². The van der Waals surface area contributed by atoms with Crippen LogP contribution >= 0.6 is 0 Å². The monoisotopic (exact) mass is 322 g/mol. The second kappa shape index (κ2) is 6.24. The van der Waals surface area contributed by atoms with Gasteiger partial charge in [0.05, 0.1) is 0 Å². The van der Waals surface area contributed by atoms with Gasteiger partial charge < -0.3 is 4.74 Å². The van der Waals surface area contributed by atoms with Crippen molar-refractivity contribution >= 4 is 11.8 Å². The van der Waals surface area contributed by atoms with E-state index in [2.05, 4.69) is 4.74 Å². The molecule has 120 valence electrons. The van der Waals surface area contributed by atoms with E-state index < -0.39 is 23.5 Å². The molecule has 0 aromatic heterocycles. The number of alkyl halides is 3. The van der Waals surface area contributed by atoms with Gasteiger partial charge in [0.2, 0.25) is 5.60 Å². The number of carbonyl (C=O) groups is 2. The van der Waals surface area contributed by atoms with Crippen molar-refractivity contribution in [2.45, 2.75) is 18.7 Å². The summed E-state index contributed by atoms with van der Waals surface area (Å²) >= 11 is 0. The molecule has 0 aliphatic heterocycles. The number of benzene rings is 2. The quantitative estimate of drug-likeness (QED) is 0.487. The lowest BCUT2D eigenvalue weighted by Gasteiger charge is -2.31. The molecule has 0 spiro atoms. The molecule has 0 radical (unpaired) electrons. The Balaban J connectivity index is 2.33. The topological polar surface area (TPSA) is 43.4 Å². The lowest BCUT2D eigenvalue weighted by Crippen LogP contribution is -2.45. The Morgan fingerprint density at radius 2 is 1.35 bits per heavy atom. The van der Waals surface area contributed by atoms with Crippen LogP contribution in [0.4, 0.5) is 13.2 Å². The molecular formula is C17H13F3O3.